The summed E-state index contributed by atoms with van der Waals surface area (Å²) in [6, 6.07) is 17.9. The highest BCUT2D eigenvalue weighted by Crippen LogP contribution is 2.24. The summed E-state index contributed by atoms with van der Waals surface area (Å²) in [5.41, 5.74) is 2.78. The number of rotatable bonds is 5. The van der Waals surface area contributed by atoms with E-state index in [0.717, 1.165) is 45.3 Å². The Hall–Kier alpha value is -2.44. The zero-order valence-electron chi connectivity index (χ0n) is 14.7. The molecule has 138 valence electrons. The van der Waals surface area contributed by atoms with Crippen molar-refractivity contribution in [1.82, 2.24) is 4.98 Å². The summed E-state index contributed by atoms with van der Waals surface area (Å²) in [6.07, 6.45) is 1.40. The van der Waals surface area contributed by atoms with Crippen molar-refractivity contribution in [3.05, 3.63) is 64.6 Å². The Kier molecular flexibility index (Phi) is 5.36. The van der Waals surface area contributed by atoms with Crippen LogP contribution in [-0.2, 0) is 16.1 Å². The van der Waals surface area contributed by atoms with Crippen LogP contribution >= 0.6 is 15.9 Å². The SMILES string of the molecule is O=C(Nc1cccc(CNc2ccc3cccc(Br)c3n2)c1)C1CCCO1. The molecule has 2 heterocycles. The highest BCUT2D eigenvalue weighted by molar-refractivity contribution is 9.10. The number of carbonyl (C=O) groups is 1. The molecule has 1 fully saturated rings. The molecule has 3 aromatic rings. The number of ether oxygens (including phenoxy) is 1. The van der Waals surface area contributed by atoms with E-state index >= 15 is 0 Å². The summed E-state index contributed by atoms with van der Waals surface area (Å²) in [4.78, 5) is 16.9. The van der Waals surface area contributed by atoms with Gasteiger partial charge in [-0.25, -0.2) is 4.98 Å². The predicted octanol–water partition coefficient (Wildman–Crippen LogP) is 4.73. The molecule has 6 heteroatoms. The van der Waals surface area contributed by atoms with Crippen molar-refractivity contribution < 1.29 is 9.53 Å². The van der Waals surface area contributed by atoms with E-state index in [2.05, 4.69) is 31.5 Å². The average Bonchev–Trinajstić information content (AvgIpc) is 3.22. The summed E-state index contributed by atoms with van der Waals surface area (Å²) >= 11 is 3.55. The second kappa shape index (κ2) is 8.06. The zero-order chi connectivity index (χ0) is 18.6. The molecule has 0 spiro atoms. The van der Waals surface area contributed by atoms with Crippen LogP contribution < -0.4 is 10.6 Å². The maximum Gasteiger partial charge on any atom is 0.253 e. The minimum absolute atomic E-state index is 0.0707. The van der Waals surface area contributed by atoms with Gasteiger partial charge >= 0.3 is 0 Å². The highest BCUT2D eigenvalue weighted by Gasteiger charge is 2.23. The number of halogens is 1. The number of anilines is 2. The Morgan fingerprint density at radius 3 is 2.93 bits per heavy atom. The molecule has 1 atom stereocenters. The molecule has 27 heavy (non-hydrogen) atoms. The summed E-state index contributed by atoms with van der Waals surface area (Å²) in [5, 5.41) is 7.38. The third kappa shape index (κ3) is 4.28. The Bertz CT molecular complexity index is 971. The number of hydrogen-bond donors (Lipinski definition) is 2. The number of aromatic nitrogens is 1. The maximum absolute atomic E-state index is 12.2. The molecular formula is C21H20BrN3O2. The molecule has 1 saturated heterocycles. The van der Waals surface area contributed by atoms with Gasteiger partial charge in [0.25, 0.3) is 5.91 Å². The molecule has 0 bridgehead atoms. The van der Waals surface area contributed by atoms with Gasteiger partial charge in [0.2, 0.25) is 0 Å². The van der Waals surface area contributed by atoms with Crippen LogP contribution in [-0.4, -0.2) is 23.6 Å². The number of para-hydroxylation sites is 1. The Labute approximate surface area is 166 Å². The second-order valence-corrected chi connectivity index (χ2v) is 7.41. The minimum atomic E-state index is -0.327. The van der Waals surface area contributed by atoms with Crippen LogP contribution in [0.4, 0.5) is 11.5 Å². The average molecular weight is 426 g/mol. The van der Waals surface area contributed by atoms with E-state index in [4.69, 9.17) is 4.74 Å². The number of amides is 1. The van der Waals surface area contributed by atoms with Crippen LogP contribution in [0.5, 0.6) is 0 Å². The van der Waals surface area contributed by atoms with Crippen molar-refractivity contribution in [2.45, 2.75) is 25.5 Å². The van der Waals surface area contributed by atoms with Gasteiger partial charge in [0, 0.05) is 28.7 Å². The lowest BCUT2D eigenvalue weighted by Gasteiger charge is -2.12. The van der Waals surface area contributed by atoms with E-state index in [9.17, 15) is 4.79 Å². The molecular weight excluding hydrogens is 406 g/mol. The van der Waals surface area contributed by atoms with Crippen LogP contribution in [0.3, 0.4) is 0 Å². The first kappa shape index (κ1) is 17.9. The smallest absolute Gasteiger partial charge is 0.253 e. The number of fused-ring (bicyclic) bond motifs is 1. The fraction of sp³-hybridized carbons (Fsp3) is 0.238. The molecule has 1 aromatic heterocycles. The van der Waals surface area contributed by atoms with Gasteiger partial charge in [0.15, 0.2) is 0 Å². The Morgan fingerprint density at radius 2 is 2.07 bits per heavy atom. The van der Waals surface area contributed by atoms with E-state index in [1.807, 2.05) is 54.6 Å². The molecule has 1 aliphatic rings. The molecule has 4 rings (SSSR count). The van der Waals surface area contributed by atoms with Gasteiger partial charge in [-0.1, -0.05) is 24.3 Å². The van der Waals surface area contributed by atoms with E-state index in [1.165, 1.54) is 0 Å². The van der Waals surface area contributed by atoms with Gasteiger partial charge in [-0.2, -0.15) is 0 Å². The largest absolute Gasteiger partial charge is 0.368 e. The highest BCUT2D eigenvalue weighted by atomic mass is 79.9. The number of nitrogens with one attached hydrogen (secondary N) is 2. The Morgan fingerprint density at radius 1 is 1.19 bits per heavy atom. The van der Waals surface area contributed by atoms with Gasteiger partial charge in [-0.05, 0) is 64.7 Å². The van der Waals surface area contributed by atoms with Crippen molar-refractivity contribution in [1.29, 1.82) is 0 Å². The number of hydrogen-bond acceptors (Lipinski definition) is 4. The predicted molar refractivity (Wildman–Crippen MR) is 111 cm³/mol. The third-order valence-electron chi connectivity index (χ3n) is 4.56. The molecule has 0 radical (unpaired) electrons. The van der Waals surface area contributed by atoms with Gasteiger partial charge in [-0.3, -0.25) is 4.79 Å². The van der Waals surface area contributed by atoms with Crippen LogP contribution in [0.25, 0.3) is 10.9 Å². The normalized spacial score (nSPS) is 16.4. The quantitative estimate of drug-likeness (QED) is 0.620. The summed E-state index contributed by atoms with van der Waals surface area (Å²) in [5.74, 6) is 0.738. The van der Waals surface area contributed by atoms with Crippen LogP contribution in [0.2, 0.25) is 0 Å². The number of carbonyl (C=O) groups excluding carboxylic acids is 1. The van der Waals surface area contributed by atoms with Crippen LogP contribution in [0.1, 0.15) is 18.4 Å². The van der Waals surface area contributed by atoms with Gasteiger partial charge in [0.05, 0.1) is 5.52 Å². The van der Waals surface area contributed by atoms with E-state index in [0.29, 0.717) is 13.2 Å². The molecule has 2 aromatic carbocycles. The molecule has 5 nitrogen and oxygen atoms in total. The fourth-order valence-electron chi connectivity index (χ4n) is 3.17. The number of pyridine rings is 1. The molecule has 1 unspecified atom stereocenters. The first-order valence-electron chi connectivity index (χ1n) is 8.99. The topological polar surface area (TPSA) is 63.2 Å². The summed E-state index contributed by atoms with van der Waals surface area (Å²) in [7, 11) is 0. The van der Waals surface area contributed by atoms with E-state index in [-0.39, 0.29) is 12.0 Å². The fourth-order valence-corrected chi connectivity index (χ4v) is 3.64. The van der Waals surface area contributed by atoms with Crippen LogP contribution in [0.15, 0.2) is 59.1 Å². The standard InChI is InChI=1S/C21H20BrN3O2/c22-17-7-2-5-15-9-10-19(25-20(15)17)23-13-14-4-1-6-16(12-14)24-21(26)18-8-3-11-27-18/h1-2,4-7,9-10,12,18H,3,8,11,13H2,(H,23,25)(H,24,26). The number of benzene rings is 2. The van der Waals surface area contributed by atoms with E-state index in [1.54, 1.807) is 0 Å². The lowest BCUT2D eigenvalue weighted by Crippen LogP contribution is -2.26. The van der Waals surface area contributed by atoms with Gasteiger partial charge in [-0.15, -0.1) is 0 Å². The molecule has 1 amide bonds. The first-order valence-corrected chi connectivity index (χ1v) is 9.79. The van der Waals surface area contributed by atoms with Gasteiger partial charge in [0.1, 0.15) is 11.9 Å². The number of nitrogens with zero attached hydrogens (tertiary/aromatic N) is 1. The Balaban J connectivity index is 1.42. The van der Waals surface area contributed by atoms with Crippen molar-refractivity contribution in [3.8, 4) is 0 Å². The van der Waals surface area contributed by atoms with Crippen molar-refractivity contribution in [3.63, 3.8) is 0 Å². The summed E-state index contributed by atoms with van der Waals surface area (Å²) in [6.45, 7) is 1.28. The molecule has 0 aliphatic carbocycles. The molecule has 2 N–H and O–H groups in total. The van der Waals surface area contributed by atoms with Crippen molar-refractivity contribution in [2.75, 3.05) is 17.2 Å². The molecule has 0 saturated carbocycles. The summed E-state index contributed by atoms with van der Waals surface area (Å²) < 4.78 is 6.41. The minimum Gasteiger partial charge on any atom is -0.368 e. The van der Waals surface area contributed by atoms with Crippen molar-refractivity contribution >= 4 is 44.2 Å². The van der Waals surface area contributed by atoms with Crippen LogP contribution in [0, 0.1) is 0 Å². The lowest BCUT2D eigenvalue weighted by atomic mass is 10.1. The maximum atomic E-state index is 12.2. The first-order chi connectivity index (χ1) is 13.2. The van der Waals surface area contributed by atoms with Crippen molar-refractivity contribution in [2.24, 2.45) is 0 Å². The van der Waals surface area contributed by atoms with Gasteiger partial charge < -0.3 is 15.4 Å². The monoisotopic (exact) mass is 425 g/mol. The second-order valence-electron chi connectivity index (χ2n) is 6.55. The zero-order valence-corrected chi connectivity index (χ0v) is 16.3. The molecule has 1 aliphatic heterocycles. The lowest BCUT2D eigenvalue weighted by molar-refractivity contribution is -0.124. The van der Waals surface area contributed by atoms with E-state index < -0.39 is 0 Å². The third-order valence-corrected chi connectivity index (χ3v) is 5.20.